The first-order valence-corrected chi connectivity index (χ1v) is 8.35. The molecule has 0 unspecified atom stereocenters. The summed E-state index contributed by atoms with van der Waals surface area (Å²) in [6.45, 7) is 8.10. The number of carbonyl (C=O) groups is 2. The third kappa shape index (κ3) is 3.59. The van der Waals surface area contributed by atoms with E-state index >= 15 is 0 Å². The second-order valence-electron chi connectivity index (χ2n) is 6.58. The van der Waals surface area contributed by atoms with Crippen molar-refractivity contribution in [2.75, 3.05) is 12.0 Å². The largest absolute Gasteiger partial charge is 0.465 e. The fourth-order valence-electron chi connectivity index (χ4n) is 2.23. The van der Waals surface area contributed by atoms with Gasteiger partial charge in [0, 0.05) is 4.88 Å². The normalized spacial score (nSPS) is 11.2. The highest BCUT2D eigenvalue weighted by molar-refractivity contribution is 7.14. The molecule has 0 saturated heterocycles. The number of esters is 1. The van der Waals surface area contributed by atoms with Gasteiger partial charge < -0.3 is 10.5 Å². The van der Waals surface area contributed by atoms with Crippen molar-refractivity contribution in [2.45, 2.75) is 33.1 Å². The monoisotopic (exact) mass is 346 g/mol. The molecule has 0 saturated carbocycles. The molecule has 2 amide bonds. The number of nitrogens with two attached hydrogens (primary N) is 1. The SMILES string of the molecule is COC(=O)c1sc(C(C)(C)C)cc1N(C(N)=O)c1ccc(C)cc1. The molecule has 0 spiro atoms. The molecule has 6 heteroatoms. The van der Waals surface area contributed by atoms with Crippen LogP contribution in [0.4, 0.5) is 16.2 Å². The fourth-order valence-corrected chi connectivity index (χ4v) is 3.35. The van der Waals surface area contributed by atoms with Crippen LogP contribution in [0.5, 0.6) is 0 Å². The van der Waals surface area contributed by atoms with E-state index in [0.717, 1.165) is 10.4 Å². The maximum Gasteiger partial charge on any atom is 0.350 e. The summed E-state index contributed by atoms with van der Waals surface area (Å²) in [5, 5.41) is 0. The Labute approximate surface area is 146 Å². The number of anilines is 2. The average Bonchev–Trinajstić information content (AvgIpc) is 2.93. The van der Waals surface area contributed by atoms with Crippen LogP contribution in [-0.2, 0) is 10.2 Å². The van der Waals surface area contributed by atoms with Crippen LogP contribution >= 0.6 is 11.3 Å². The number of ether oxygens (including phenoxy) is 1. The van der Waals surface area contributed by atoms with Crippen molar-refractivity contribution < 1.29 is 14.3 Å². The van der Waals surface area contributed by atoms with E-state index < -0.39 is 12.0 Å². The van der Waals surface area contributed by atoms with Crippen LogP contribution < -0.4 is 10.6 Å². The Morgan fingerprint density at radius 2 is 1.75 bits per heavy atom. The molecule has 0 aliphatic carbocycles. The molecule has 0 aliphatic heterocycles. The average molecular weight is 346 g/mol. The lowest BCUT2D eigenvalue weighted by Crippen LogP contribution is -2.32. The predicted molar refractivity (Wildman–Crippen MR) is 97.3 cm³/mol. The van der Waals surface area contributed by atoms with E-state index in [4.69, 9.17) is 10.5 Å². The summed E-state index contributed by atoms with van der Waals surface area (Å²) in [5.74, 6) is -0.483. The predicted octanol–water partition coefficient (Wildman–Crippen LogP) is 4.36. The molecule has 5 nitrogen and oxygen atoms in total. The maximum atomic E-state index is 12.2. The Morgan fingerprint density at radius 1 is 1.17 bits per heavy atom. The molecule has 0 bridgehead atoms. The van der Waals surface area contributed by atoms with E-state index in [1.54, 1.807) is 12.1 Å². The fraction of sp³-hybridized carbons (Fsp3) is 0.333. The van der Waals surface area contributed by atoms with Gasteiger partial charge in [-0.3, -0.25) is 4.90 Å². The highest BCUT2D eigenvalue weighted by Crippen LogP contribution is 2.40. The second-order valence-corrected chi connectivity index (χ2v) is 7.63. The molecule has 1 aromatic heterocycles. The molecule has 2 rings (SSSR count). The summed E-state index contributed by atoms with van der Waals surface area (Å²) in [5.41, 5.74) is 7.57. The summed E-state index contributed by atoms with van der Waals surface area (Å²) in [6, 6.07) is 8.56. The van der Waals surface area contributed by atoms with Gasteiger partial charge in [0.2, 0.25) is 0 Å². The number of hydrogen-bond donors (Lipinski definition) is 1. The number of benzene rings is 1. The van der Waals surface area contributed by atoms with Gasteiger partial charge in [0.25, 0.3) is 0 Å². The number of nitrogens with zero attached hydrogens (tertiary/aromatic N) is 1. The summed E-state index contributed by atoms with van der Waals surface area (Å²) >= 11 is 1.32. The first kappa shape index (κ1) is 18.0. The molecule has 128 valence electrons. The van der Waals surface area contributed by atoms with Crippen molar-refractivity contribution in [3.05, 3.63) is 45.6 Å². The first-order valence-electron chi connectivity index (χ1n) is 7.54. The van der Waals surface area contributed by atoms with Crippen molar-refractivity contribution >= 4 is 34.7 Å². The molecular weight excluding hydrogens is 324 g/mol. The van der Waals surface area contributed by atoms with Gasteiger partial charge in [-0.15, -0.1) is 11.3 Å². The zero-order valence-electron chi connectivity index (χ0n) is 14.5. The molecule has 2 N–H and O–H groups in total. The number of rotatable bonds is 3. The van der Waals surface area contributed by atoms with Gasteiger partial charge in [0.1, 0.15) is 4.88 Å². The quantitative estimate of drug-likeness (QED) is 0.839. The third-order valence-electron chi connectivity index (χ3n) is 3.58. The summed E-state index contributed by atoms with van der Waals surface area (Å²) < 4.78 is 4.88. The van der Waals surface area contributed by atoms with E-state index in [-0.39, 0.29) is 5.41 Å². The first-order chi connectivity index (χ1) is 11.1. The Hall–Kier alpha value is -2.34. The number of primary amides is 1. The van der Waals surface area contributed by atoms with E-state index in [1.165, 1.54) is 23.3 Å². The van der Waals surface area contributed by atoms with Gasteiger partial charge in [-0.2, -0.15) is 0 Å². The number of carbonyl (C=O) groups excluding carboxylic acids is 2. The van der Waals surface area contributed by atoms with Crippen LogP contribution in [0.15, 0.2) is 30.3 Å². The highest BCUT2D eigenvalue weighted by atomic mass is 32.1. The highest BCUT2D eigenvalue weighted by Gasteiger charge is 2.29. The lowest BCUT2D eigenvalue weighted by molar-refractivity contribution is 0.0607. The topological polar surface area (TPSA) is 72.6 Å². The summed E-state index contributed by atoms with van der Waals surface area (Å²) in [6.07, 6.45) is 0. The maximum absolute atomic E-state index is 12.2. The minimum absolute atomic E-state index is 0.164. The Morgan fingerprint density at radius 3 is 2.21 bits per heavy atom. The van der Waals surface area contributed by atoms with Crippen LogP contribution in [-0.4, -0.2) is 19.1 Å². The smallest absolute Gasteiger partial charge is 0.350 e. The van der Waals surface area contributed by atoms with Gasteiger partial charge in [0.15, 0.2) is 0 Å². The van der Waals surface area contributed by atoms with Crippen LogP contribution in [0.1, 0.15) is 40.9 Å². The zero-order valence-corrected chi connectivity index (χ0v) is 15.4. The minimum atomic E-state index is -0.651. The van der Waals surface area contributed by atoms with Crippen LogP contribution in [0.2, 0.25) is 0 Å². The molecule has 0 atom stereocenters. The number of amides is 2. The molecule has 0 aliphatic rings. The van der Waals surface area contributed by atoms with Gasteiger partial charge in [0.05, 0.1) is 18.5 Å². The second kappa shape index (κ2) is 6.65. The Balaban J connectivity index is 2.65. The van der Waals surface area contributed by atoms with E-state index in [2.05, 4.69) is 0 Å². The van der Waals surface area contributed by atoms with Crippen molar-refractivity contribution in [3.63, 3.8) is 0 Å². The van der Waals surface area contributed by atoms with Gasteiger partial charge in [-0.05, 0) is 30.5 Å². The molecule has 2 aromatic rings. The Bertz CT molecular complexity index is 758. The van der Waals surface area contributed by atoms with E-state index in [9.17, 15) is 9.59 Å². The molecule has 24 heavy (non-hydrogen) atoms. The van der Waals surface area contributed by atoms with E-state index in [1.807, 2.05) is 45.9 Å². The molecule has 0 fully saturated rings. The van der Waals surface area contributed by atoms with Gasteiger partial charge >= 0.3 is 12.0 Å². The number of aryl methyl sites for hydroxylation is 1. The zero-order chi connectivity index (χ0) is 18.1. The van der Waals surface area contributed by atoms with Crippen LogP contribution in [0.25, 0.3) is 0 Å². The van der Waals surface area contributed by atoms with E-state index in [0.29, 0.717) is 16.3 Å². The lowest BCUT2D eigenvalue weighted by Gasteiger charge is -2.21. The van der Waals surface area contributed by atoms with Gasteiger partial charge in [-0.1, -0.05) is 38.5 Å². The van der Waals surface area contributed by atoms with Crippen LogP contribution in [0, 0.1) is 6.92 Å². The van der Waals surface area contributed by atoms with Crippen molar-refractivity contribution in [1.82, 2.24) is 0 Å². The van der Waals surface area contributed by atoms with Gasteiger partial charge in [-0.25, -0.2) is 9.59 Å². The standard InChI is InChI=1S/C18H22N2O3S/c1-11-6-8-12(9-7-11)20(17(19)22)13-10-14(18(2,3)4)24-15(13)16(21)23-5/h6-10H,1-5H3,(H2,19,22). The van der Waals surface area contributed by atoms with Crippen molar-refractivity contribution in [2.24, 2.45) is 5.73 Å². The number of thiophene rings is 1. The molecule has 1 heterocycles. The molecule has 1 aromatic carbocycles. The summed E-state index contributed by atoms with van der Waals surface area (Å²) in [4.78, 5) is 27.0. The third-order valence-corrected chi connectivity index (χ3v) is 5.11. The van der Waals surface area contributed by atoms with Crippen LogP contribution in [0.3, 0.4) is 0 Å². The van der Waals surface area contributed by atoms with Crippen molar-refractivity contribution in [1.29, 1.82) is 0 Å². The number of hydrogen-bond acceptors (Lipinski definition) is 4. The number of methoxy groups -OCH3 is 1. The lowest BCUT2D eigenvalue weighted by atomic mass is 9.94. The Kier molecular flexibility index (Phi) is 4.99. The number of urea groups is 1. The summed E-state index contributed by atoms with van der Waals surface area (Å²) in [7, 11) is 1.32. The molecule has 0 radical (unpaired) electrons. The van der Waals surface area contributed by atoms with Crippen molar-refractivity contribution in [3.8, 4) is 0 Å². The molecular formula is C18H22N2O3S. The minimum Gasteiger partial charge on any atom is -0.465 e.